The molecule has 150 valence electrons. The standard InChI is InChI=1S/C28H18N4/c1-2-9-20(10-3-1)27-29-17-23(18-30-27)26-24-12-6-7-13-25(24)31-28(32-26)22-15-14-19-8-4-5-11-21(19)16-22/h1-18H. The molecule has 2 heterocycles. The SMILES string of the molecule is c1ccc(-c2ncc(-c3nc(-c4ccc5ccccc5c4)nc4ccccc34)cn2)cc1. The molecule has 4 aromatic carbocycles. The van der Waals surface area contributed by atoms with E-state index in [2.05, 4.69) is 40.3 Å². The molecule has 0 fully saturated rings. The molecule has 32 heavy (non-hydrogen) atoms. The number of aromatic nitrogens is 4. The van der Waals surface area contributed by atoms with E-state index >= 15 is 0 Å². The first-order chi connectivity index (χ1) is 15.8. The highest BCUT2D eigenvalue weighted by molar-refractivity contribution is 5.94. The van der Waals surface area contributed by atoms with Crippen molar-refractivity contribution in [3.8, 4) is 34.0 Å². The summed E-state index contributed by atoms with van der Waals surface area (Å²) in [4.78, 5) is 19.0. The van der Waals surface area contributed by atoms with Crippen molar-refractivity contribution in [3.63, 3.8) is 0 Å². The molecule has 0 N–H and O–H groups in total. The zero-order valence-corrected chi connectivity index (χ0v) is 17.2. The van der Waals surface area contributed by atoms with Crippen LogP contribution in [-0.2, 0) is 0 Å². The number of benzene rings is 4. The molecule has 0 bridgehead atoms. The second-order valence-electron chi connectivity index (χ2n) is 7.64. The molecular weight excluding hydrogens is 392 g/mol. The molecule has 0 radical (unpaired) electrons. The molecule has 0 spiro atoms. The number of para-hydroxylation sites is 1. The maximum absolute atomic E-state index is 4.96. The van der Waals surface area contributed by atoms with E-state index in [0.29, 0.717) is 11.6 Å². The third-order valence-corrected chi connectivity index (χ3v) is 5.57. The maximum atomic E-state index is 4.96. The van der Waals surface area contributed by atoms with Crippen molar-refractivity contribution in [2.24, 2.45) is 0 Å². The van der Waals surface area contributed by atoms with Gasteiger partial charge in [-0.15, -0.1) is 0 Å². The van der Waals surface area contributed by atoms with Crippen molar-refractivity contribution >= 4 is 21.7 Å². The van der Waals surface area contributed by atoms with Crippen LogP contribution in [0, 0.1) is 0 Å². The Labute approximate surface area is 185 Å². The van der Waals surface area contributed by atoms with E-state index in [-0.39, 0.29) is 0 Å². The lowest BCUT2D eigenvalue weighted by Crippen LogP contribution is -1.97. The molecule has 2 aromatic heterocycles. The molecular formula is C28H18N4. The van der Waals surface area contributed by atoms with Gasteiger partial charge in [0.25, 0.3) is 0 Å². The average Bonchev–Trinajstić information content (AvgIpc) is 2.88. The Kier molecular flexibility index (Phi) is 4.40. The number of nitrogens with zero attached hydrogens (tertiary/aromatic N) is 4. The summed E-state index contributed by atoms with van der Waals surface area (Å²) < 4.78 is 0. The molecule has 0 saturated heterocycles. The van der Waals surface area contributed by atoms with Gasteiger partial charge in [-0.1, -0.05) is 84.9 Å². The average molecular weight is 410 g/mol. The number of fused-ring (bicyclic) bond motifs is 2. The summed E-state index contributed by atoms with van der Waals surface area (Å²) in [6.45, 7) is 0. The van der Waals surface area contributed by atoms with Gasteiger partial charge in [-0.05, 0) is 22.9 Å². The monoisotopic (exact) mass is 410 g/mol. The maximum Gasteiger partial charge on any atom is 0.160 e. The Morgan fingerprint density at radius 2 is 1.19 bits per heavy atom. The van der Waals surface area contributed by atoms with Crippen LogP contribution < -0.4 is 0 Å². The van der Waals surface area contributed by atoms with Gasteiger partial charge in [-0.2, -0.15) is 0 Å². The highest BCUT2D eigenvalue weighted by Gasteiger charge is 2.13. The molecule has 0 atom stereocenters. The lowest BCUT2D eigenvalue weighted by Gasteiger charge is -2.10. The van der Waals surface area contributed by atoms with Gasteiger partial charge in [0.15, 0.2) is 11.6 Å². The Morgan fingerprint density at radius 1 is 0.469 bits per heavy atom. The highest BCUT2D eigenvalue weighted by Crippen LogP contribution is 2.30. The van der Waals surface area contributed by atoms with Crippen LogP contribution in [0.2, 0.25) is 0 Å². The Bertz CT molecular complexity index is 1560. The van der Waals surface area contributed by atoms with Gasteiger partial charge >= 0.3 is 0 Å². The summed E-state index contributed by atoms with van der Waals surface area (Å²) in [6.07, 6.45) is 3.68. The summed E-state index contributed by atoms with van der Waals surface area (Å²) >= 11 is 0. The summed E-state index contributed by atoms with van der Waals surface area (Å²) in [5, 5.41) is 3.34. The van der Waals surface area contributed by atoms with Crippen molar-refractivity contribution < 1.29 is 0 Å². The lowest BCUT2D eigenvalue weighted by atomic mass is 10.1. The predicted octanol–water partition coefficient (Wildman–Crippen LogP) is 6.57. The Hall–Kier alpha value is -4.44. The van der Waals surface area contributed by atoms with Crippen LogP contribution in [0.5, 0.6) is 0 Å². The van der Waals surface area contributed by atoms with Crippen LogP contribution in [-0.4, -0.2) is 19.9 Å². The molecule has 6 rings (SSSR count). The van der Waals surface area contributed by atoms with Crippen molar-refractivity contribution in [2.75, 3.05) is 0 Å². The van der Waals surface area contributed by atoms with E-state index in [1.165, 1.54) is 10.8 Å². The van der Waals surface area contributed by atoms with Crippen LogP contribution in [0.3, 0.4) is 0 Å². The fraction of sp³-hybridized carbons (Fsp3) is 0. The second kappa shape index (κ2) is 7.67. The second-order valence-corrected chi connectivity index (χ2v) is 7.64. The van der Waals surface area contributed by atoms with E-state index in [9.17, 15) is 0 Å². The van der Waals surface area contributed by atoms with Gasteiger partial charge < -0.3 is 0 Å². The molecule has 0 aliphatic rings. The highest BCUT2D eigenvalue weighted by atomic mass is 14.9. The van der Waals surface area contributed by atoms with E-state index in [1.807, 2.05) is 79.1 Å². The minimum Gasteiger partial charge on any atom is -0.236 e. The minimum absolute atomic E-state index is 0.691. The van der Waals surface area contributed by atoms with Crippen molar-refractivity contribution in [1.29, 1.82) is 0 Å². The predicted molar refractivity (Wildman–Crippen MR) is 129 cm³/mol. The number of hydrogen-bond acceptors (Lipinski definition) is 4. The van der Waals surface area contributed by atoms with Gasteiger partial charge in [-0.25, -0.2) is 19.9 Å². The number of rotatable bonds is 3. The largest absolute Gasteiger partial charge is 0.236 e. The van der Waals surface area contributed by atoms with Crippen molar-refractivity contribution in [2.45, 2.75) is 0 Å². The van der Waals surface area contributed by atoms with Crippen molar-refractivity contribution in [3.05, 3.63) is 109 Å². The van der Waals surface area contributed by atoms with Crippen LogP contribution in [0.1, 0.15) is 0 Å². The molecule has 0 aliphatic heterocycles. The quantitative estimate of drug-likeness (QED) is 0.331. The van der Waals surface area contributed by atoms with Crippen LogP contribution >= 0.6 is 0 Å². The molecule has 0 aliphatic carbocycles. The van der Waals surface area contributed by atoms with Crippen LogP contribution in [0.4, 0.5) is 0 Å². The topological polar surface area (TPSA) is 51.6 Å². The molecule has 6 aromatic rings. The normalized spacial score (nSPS) is 11.1. The van der Waals surface area contributed by atoms with Crippen molar-refractivity contribution in [1.82, 2.24) is 19.9 Å². The van der Waals surface area contributed by atoms with E-state index in [4.69, 9.17) is 9.97 Å². The fourth-order valence-electron chi connectivity index (χ4n) is 3.94. The first kappa shape index (κ1) is 18.3. The summed E-state index contributed by atoms with van der Waals surface area (Å²) in [7, 11) is 0. The van der Waals surface area contributed by atoms with Gasteiger partial charge in [-0.3, -0.25) is 0 Å². The zero-order valence-electron chi connectivity index (χ0n) is 17.2. The van der Waals surface area contributed by atoms with Gasteiger partial charge in [0.05, 0.1) is 11.2 Å². The summed E-state index contributed by atoms with van der Waals surface area (Å²) in [5.41, 5.74) is 4.57. The molecule has 0 unspecified atom stereocenters. The summed E-state index contributed by atoms with van der Waals surface area (Å²) in [5.74, 6) is 1.39. The third kappa shape index (κ3) is 3.28. The van der Waals surface area contributed by atoms with Crippen LogP contribution in [0.25, 0.3) is 55.7 Å². The first-order valence-corrected chi connectivity index (χ1v) is 10.5. The first-order valence-electron chi connectivity index (χ1n) is 10.5. The number of hydrogen-bond donors (Lipinski definition) is 0. The molecule has 0 amide bonds. The fourth-order valence-corrected chi connectivity index (χ4v) is 3.94. The van der Waals surface area contributed by atoms with E-state index in [1.54, 1.807) is 0 Å². The molecule has 4 heteroatoms. The van der Waals surface area contributed by atoms with Gasteiger partial charge in [0.1, 0.15) is 0 Å². The van der Waals surface area contributed by atoms with Gasteiger partial charge in [0, 0.05) is 34.5 Å². The minimum atomic E-state index is 0.691. The molecule has 4 nitrogen and oxygen atoms in total. The summed E-state index contributed by atoms with van der Waals surface area (Å²) in [6, 6.07) is 32.7. The smallest absolute Gasteiger partial charge is 0.160 e. The van der Waals surface area contributed by atoms with Gasteiger partial charge in [0.2, 0.25) is 0 Å². The van der Waals surface area contributed by atoms with Crippen LogP contribution in [0.15, 0.2) is 109 Å². The Morgan fingerprint density at radius 3 is 2.03 bits per heavy atom. The third-order valence-electron chi connectivity index (χ3n) is 5.57. The molecule has 0 saturated carbocycles. The van der Waals surface area contributed by atoms with E-state index in [0.717, 1.165) is 33.3 Å². The van der Waals surface area contributed by atoms with E-state index < -0.39 is 0 Å². The lowest BCUT2D eigenvalue weighted by molar-refractivity contribution is 1.16. The Balaban J connectivity index is 1.50. The zero-order chi connectivity index (χ0) is 21.3.